The van der Waals surface area contributed by atoms with E-state index in [0.717, 1.165) is 12.2 Å². The van der Waals surface area contributed by atoms with Crippen LogP contribution in [0.25, 0.3) is 6.08 Å². The lowest BCUT2D eigenvalue weighted by molar-refractivity contribution is 0.922. The molecule has 0 aliphatic rings. The Bertz CT molecular complexity index is 218. The Morgan fingerprint density at radius 3 is 3.09 bits per heavy atom. The summed E-state index contributed by atoms with van der Waals surface area (Å²) in [6, 6.07) is 0. The van der Waals surface area contributed by atoms with Gasteiger partial charge in [0.15, 0.2) is 0 Å². The van der Waals surface area contributed by atoms with Gasteiger partial charge in [0.2, 0.25) is 0 Å². The van der Waals surface area contributed by atoms with Crippen molar-refractivity contribution in [2.45, 2.75) is 0 Å². The molecule has 1 rings (SSSR count). The quantitative estimate of drug-likeness (QED) is 0.687. The second kappa shape index (κ2) is 4.57. The molecule has 0 aromatic carbocycles. The minimum absolute atomic E-state index is 0.858. The lowest BCUT2D eigenvalue weighted by atomic mass is 10.4. The van der Waals surface area contributed by atoms with Crippen LogP contribution < -0.4 is 5.32 Å². The normalized spacial score (nSPS) is 10.6. The minimum atomic E-state index is 0.858. The fraction of sp³-hybridized carbons (Fsp3) is 0.250. The SMILES string of the molecule is CNC/C=C/c1cnccn1. The number of nitrogens with one attached hydrogen (secondary N) is 1. The van der Waals surface area contributed by atoms with Crippen molar-refractivity contribution in [3.05, 3.63) is 30.4 Å². The van der Waals surface area contributed by atoms with Crippen LogP contribution in [0.2, 0.25) is 0 Å². The fourth-order valence-electron chi connectivity index (χ4n) is 0.694. The van der Waals surface area contributed by atoms with Gasteiger partial charge < -0.3 is 5.32 Å². The average molecular weight is 149 g/mol. The van der Waals surface area contributed by atoms with Crippen LogP contribution in [-0.4, -0.2) is 23.6 Å². The molecule has 0 atom stereocenters. The summed E-state index contributed by atoms with van der Waals surface area (Å²) in [6.07, 6.45) is 9.01. The van der Waals surface area contributed by atoms with E-state index in [1.165, 1.54) is 0 Å². The smallest absolute Gasteiger partial charge is 0.0810 e. The number of aromatic nitrogens is 2. The summed E-state index contributed by atoms with van der Waals surface area (Å²) in [5.41, 5.74) is 0.891. The average Bonchev–Trinajstić information content (AvgIpc) is 2.07. The molecule has 0 aliphatic carbocycles. The van der Waals surface area contributed by atoms with Crippen LogP contribution in [0.1, 0.15) is 5.69 Å². The van der Waals surface area contributed by atoms with Gasteiger partial charge in [0.25, 0.3) is 0 Å². The maximum Gasteiger partial charge on any atom is 0.0810 e. The van der Waals surface area contributed by atoms with Gasteiger partial charge in [-0.2, -0.15) is 0 Å². The van der Waals surface area contributed by atoms with Crippen molar-refractivity contribution in [2.24, 2.45) is 0 Å². The molecule has 0 radical (unpaired) electrons. The van der Waals surface area contributed by atoms with Crippen molar-refractivity contribution >= 4 is 6.08 Å². The van der Waals surface area contributed by atoms with Crippen molar-refractivity contribution in [1.29, 1.82) is 0 Å². The fourth-order valence-corrected chi connectivity index (χ4v) is 0.694. The number of likely N-dealkylation sites (N-methyl/N-ethyl adjacent to an activating group) is 1. The van der Waals surface area contributed by atoms with Gasteiger partial charge in [-0.1, -0.05) is 6.08 Å². The summed E-state index contributed by atoms with van der Waals surface area (Å²) in [5, 5.41) is 3.00. The highest BCUT2D eigenvalue weighted by Gasteiger charge is 1.82. The van der Waals surface area contributed by atoms with Crippen LogP contribution in [0.3, 0.4) is 0 Å². The van der Waals surface area contributed by atoms with E-state index in [2.05, 4.69) is 15.3 Å². The Hall–Kier alpha value is -1.22. The first-order valence-electron chi connectivity index (χ1n) is 3.50. The summed E-state index contributed by atoms with van der Waals surface area (Å²) < 4.78 is 0. The first kappa shape index (κ1) is 7.88. The molecule has 58 valence electrons. The zero-order chi connectivity index (χ0) is 7.94. The van der Waals surface area contributed by atoms with E-state index in [1.807, 2.05) is 19.2 Å². The summed E-state index contributed by atoms with van der Waals surface area (Å²) >= 11 is 0. The van der Waals surface area contributed by atoms with Crippen LogP contribution >= 0.6 is 0 Å². The van der Waals surface area contributed by atoms with E-state index in [0.29, 0.717) is 0 Å². The predicted octanol–water partition coefficient (Wildman–Crippen LogP) is 0.709. The third-order valence-electron chi connectivity index (χ3n) is 1.19. The molecule has 0 saturated carbocycles. The van der Waals surface area contributed by atoms with E-state index in [4.69, 9.17) is 0 Å². The molecule has 3 nitrogen and oxygen atoms in total. The third-order valence-corrected chi connectivity index (χ3v) is 1.19. The van der Waals surface area contributed by atoms with Crippen molar-refractivity contribution in [1.82, 2.24) is 15.3 Å². The van der Waals surface area contributed by atoms with Crippen LogP contribution in [0.15, 0.2) is 24.7 Å². The van der Waals surface area contributed by atoms with Gasteiger partial charge in [0.05, 0.1) is 11.9 Å². The number of rotatable bonds is 3. The number of hydrogen-bond donors (Lipinski definition) is 1. The van der Waals surface area contributed by atoms with E-state index in [9.17, 15) is 0 Å². The maximum absolute atomic E-state index is 4.07. The predicted molar refractivity (Wildman–Crippen MR) is 45.0 cm³/mol. The van der Waals surface area contributed by atoms with Crippen LogP contribution in [-0.2, 0) is 0 Å². The van der Waals surface area contributed by atoms with Gasteiger partial charge in [0, 0.05) is 18.9 Å². The highest BCUT2D eigenvalue weighted by molar-refractivity contribution is 5.42. The van der Waals surface area contributed by atoms with Crippen molar-refractivity contribution in [3.8, 4) is 0 Å². The van der Waals surface area contributed by atoms with Gasteiger partial charge in [-0.25, -0.2) is 0 Å². The zero-order valence-electron chi connectivity index (χ0n) is 6.49. The van der Waals surface area contributed by atoms with E-state index in [1.54, 1.807) is 18.6 Å². The van der Waals surface area contributed by atoms with Gasteiger partial charge in [0.1, 0.15) is 0 Å². The van der Waals surface area contributed by atoms with Crippen molar-refractivity contribution in [3.63, 3.8) is 0 Å². The van der Waals surface area contributed by atoms with E-state index in [-0.39, 0.29) is 0 Å². The molecule has 0 bridgehead atoms. The van der Waals surface area contributed by atoms with E-state index >= 15 is 0 Å². The summed E-state index contributed by atoms with van der Waals surface area (Å²) in [4.78, 5) is 8.00. The molecule has 0 spiro atoms. The van der Waals surface area contributed by atoms with Crippen LogP contribution in [0.5, 0.6) is 0 Å². The Balaban J connectivity index is 2.50. The number of hydrogen-bond acceptors (Lipinski definition) is 3. The van der Waals surface area contributed by atoms with Crippen molar-refractivity contribution < 1.29 is 0 Å². The molecule has 11 heavy (non-hydrogen) atoms. The van der Waals surface area contributed by atoms with Gasteiger partial charge in [-0.15, -0.1) is 0 Å². The largest absolute Gasteiger partial charge is 0.316 e. The zero-order valence-corrected chi connectivity index (χ0v) is 6.49. The molecule has 1 aromatic rings. The van der Waals surface area contributed by atoms with Gasteiger partial charge in [-0.3, -0.25) is 9.97 Å². The first-order valence-corrected chi connectivity index (χ1v) is 3.50. The highest BCUT2D eigenvalue weighted by Crippen LogP contribution is 1.91. The van der Waals surface area contributed by atoms with Gasteiger partial charge in [-0.05, 0) is 13.1 Å². The lowest BCUT2D eigenvalue weighted by Crippen LogP contribution is -2.03. The molecule has 0 fully saturated rings. The molecule has 0 saturated heterocycles. The van der Waals surface area contributed by atoms with Crippen molar-refractivity contribution in [2.75, 3.05) is 13.6 Å². The third kappa shape index (κ3) is 2.91. The first-order chi connectivity index (χ1) is 5.43. The second-order valence-electron chi connectivity index (χ2n) is 2.09. The molecular weight excluding hydrogens is 138 g/mol. The topological polar surface area (TPSA) is 37.8 Å². The summed E-state index contributed by atoms with van der Waals surface area (Å²) in [6.45, 7) is 0.858. The summed E-state index contributed by atoms with van der Waals surface area (Å²) in [5.74, 6) is 0. The molecule has 1 N–H and O–H groups in total. The Morgan fingerprint density at radius 1 is 1.55 bits per heavy atom. The summed E-state index contributed by atoms with van der Waals surface area (Å²) in [7, 11) is 1.90. The lowest BCUT2D eigenvalue weighted by Gasteiger charge is -1.89. The molecule has 0 aliphatic heterocycles. The number of nitrogens with zero attached hydrogens (tertiary/aromatic N) is 2. The maximum atomic E-state index is 4.07. The van der Waals surface area contributed by atoms with Gasteiger partial charge >= 0.3 is 0 Å². The molecule has 3 heteroatoms. The standard InChI is InChI=1S/C8H11N3/c1-9-4-2-3-8-7-10-5-6-11-8/h2-3,5-7,9H,4H2,1H3/b3-2+. The van der Waals surface area contributed by atoms with E-state index < -0.39 is 0 Å². The molecular formula is C8H11N3. The Labute approximate surface area is 66.2 Å². The Morgan fingerprint density at radius 2 is 2.45 bits per heavy atom. The molecule has 1 heterocycles. The molecule has 0 amide bonds. The minimum Gasteiger partial charge on any atom is -0.316 e. The highest BCUT2D eigenvalue weighted by atomic mass is 14.8. The second-order valence-corrected chi connectivity index (χ2v) is 2.09. The molecule has 0 unspecified atom stereocenters. The molecule has 1 aromatic heterocycles. The monoisotopic (exact) mass is 149 g/mol. The Kier molecular flexibility index (Phi) is 3.28. The van der Waals surface area contributed by atoms with Crippen LogP contribution in [0, 0.1) is 0 Å². The van der Waals surface area contributed by atoms with Crippen LogP contribution in [0.4, 0.5) is 0 Å².